The summed E-state index contributed by atoms with van der Waals surface area (Å²) in [5.41, 5.74) is 1.42. The molecule has 0 bridgehead atoms. The molecule has 2 aromatic rings. The molecule has 1 spiro atoms. The number of carbonyl (C=O) groups is 2. The highest BCUT2D eigenvalue weighted by Crippen LogP contribution is 2.40. The van der Waals surface area contributed by atoms with Crippen LogP contribution in [0.4, 0.5) is 36.7 Å². The second-order valence-electron chi connectivity index (χ2n) is 8.01. The Morgan fingerprint density at radius 1 is 0.972 bits per heavy atom. The highest BCUT2D eigenvalue weighted by molar-refractivity contribution is 5.73. The number of piperidine rings is 1. The van der Waals surface area contributed by atoms with Gasteiger partial charge in [0.25, 0.3) is 0 Å². The van der Waals surface area contributed by atoms with Crippen LogP contribution in [0, 0.1) is 11.2 Å². The van der Waals surface area contributed by atoms with Crippen molar-refractivity contribution in [3.63, 3.8) is 0 Å². The van der Waals surface area contributed by atoms with Gasteiger partial charge in [0.1, 0.15) is 5.82 Å². The summed E-state index contributed by atoms with van der Waals surface area (Å²) in [6.45, 7) is 4.22. The summed E-state index contributed by atoms with van der Waals surface area (Å²) in [6.07, 6.45) is -7.16. The van der Waals surface area contributed by atoms with Crippen molar-refractivity contribution >= 4 is 18.0 Å². The third-order valence-corrected chi connectivity index (χ3v) is 5.21. The van der Waals surface area contributed by atoms with Crippen molar-refractivity contribution in [2.45, 2.75) is 31.6 Å². The molecule has 0 aliphatic carbocycles. The fourth-order valence-electron chi connectivity index (χ4n) is 3.40. The van der Waals surface area contributed by atoms with Gasteiger partial charge in [-0.2, -0.15) is 31.3 Å². The number of aromatic nitrogens is 2. The Hall–Kier alpha value is -3.43. The van der Waals surface area contributed by atoms with E-state index < -0.39 is 24.3 Å². The lowest BCUT2D eigenvalue weighted by Crippen LogP contribution is -2.60. The molecule has 2 aliphatic rings. The lowest BCUT2D eigenvalue weighted by atomic mass is 9.73. The Morgan fingerprint density at radius 3 is 1.89 bits per heavy atom. The van der Waals surface area contributed by atoms with Gasteiger partial charge in [0.2, 0.25) is 0 Å². The number of anilines is 1. The monoisotopic (exact) mass is 530 g/mol. The van der Waals surface area contributed by atoms with Crippen LogP contribution in [-0.4, -0.2) is 70.8 Å². The molecule has 3 heterocycles. The average molecular weight is 530 g/mol. The summed E-state index contributed by atoms with van der Waals surface area (Å²) in [6, 6.07) is 7.01. The molecule has 0 saturated carbocycles. The summed E-state index contributed by atoms with van der Waals surface area (Å²) in [5, 5.41) is 21.7. The number of hydrogen-bond donors (Lipinski definition) is 3. The first-order chi connectivity index (χ1) is 16.6. The van der Waals surface area contributed by atoms with Crippen LogP contribution in [0.25, 0.3) is 0 Å². The van der Waals surface area contributed by atoms with E-state index in [0.29, 0.717) is 23.7 Å². The van der Waals surface area contributed by atoms with E-state index in [-0.39, 0.29) is 5.82 Å². The van der Waals surface area contributed by atoms with Crippen molar-refractivity contribution < 1.29 is 55.1 Å². The highest BCUT2D eigenvalue weighted by Gasteiger charge is 2.45. The molecule has 0 amide bonds. The summed E-state index contributed by atoms with van der Waals surface area (Å²) < 4.78 is 81.7. The minimum absolute atomic E-state index is 0.231. The Morgan fingerprint density at radius 2 is 1.44 bits per heavy atom. The summed E-state index contributed by atoms with van der Waals surface area (Å²) in [5.74, 6) is -5.10. The average Bonchev–Trinajstić information content (AvgIpc) is 3.22. The van der Waals surface area contributed by atoms with Crippen LogP contribution in [0.1, 0.15) is 24.2 Å². The van der Waals surface area contributed by atoms with Crippen LogP contribution < -0.4 is 10.2 Å². The van der Waals surface area contributed by atoms with Gasteiger partial charge in [-0.3, -0.25) is 0 Å². The van der Waals surface area contributed by atoms with Crippen molar-refractivity contribution in [3.8, 4) is 0 Å². The number of nitrogens with zero attached hydrogens (tertiary/aromatic N) is 3. The number of carboxylic acid groups (broad SMARTS) is 2. The van der Waals surface area contributed by atoms with Crippen molar-refractivity contribution in [2.75, 3.05) is 31.1 Å². The van der Waals surface area contributed by atoms with Gasteiger partial charge in [0, 0.05) is 24.9 Å². The number of halogens is 7. The molecule has 9 nitrogen and oxygen atoms in total. The second-order valence-corrected chi connectivity index (χ2v) is 8.01. The van der Waals surface area contributed by atoms with Gasteiger partial charge in [0.15, 0.2) is 5.82 Å². The zero-order valence-electron chi connectivity index (χ0n) is 18.4. The predicted octanol–water partition coefficient (Wildman–Crippen LogP) is 3.26. The zero-order chi connectivity index (χ0) is 27.1. The predicted molar refractivity (Wildman–Crippen MR) is 108 cm³/mol. The van der Waals surface area contributed by atoms with Crippen molar-refractivity contribution in [3.05, 3.63) is 41.5 Å². The smallest absolute Gasteiger partial charge is 0.475 e. The third-order valence-electron chi connectivity index (χ3n) is 5.21. The van der Waals surface area contributed by atoms with Crippen molar-refractivity contribution in [1.29, 1.82) is 0 Å². The molecule has 1 aromatic heterocycles. The molecule has 2 aliphatic heterocycles. The number of nitrogens with one attached hydrogen (secondary N) is 1. The van der Waals surface area contributed by atoms with E-state index in [0.717, 1.165) is 31.7 Å². The molecule has 36 heavy (non-hydrogen) atoms. The molecule has 1 aromatic carbocycles. The zero-order valence-corrected chi connectivity index (χ0v) is 18.4. The van der Waals surface area contributed by atoms with Gasteiger partial charge in [0.05, 0.1) is 0 Å². The van der Waals surface area contributed by atoms with Gasteiger partial charge in [-0.1, -0.05) is 17.3 Å². The molecule has 2 saturated heterocycles. The maximum Gasteiger partial charge on any atom is 0.490 e. The molecular weight excluding hydrogens is 509 g/mol. The van der Waals surface area contributed by atoms with Gasteiger partial charge < -0.3 is 25.0 Å². The van der Waals surface area contributed by atoms with Crippen LogP contribution in [0.5, 0.6) is 0 Å². The third kappa shape index (κ3) is 8.66. The van der Waals surface area contributed by atoms with Crippen LogP contribution in [0.15, 0.2) is 28.8 Å². The SMILES string of the molecule is Fc1ccc(Cc2noc(N3CC4(CCNCC4)C3)n2)cc1.O=C(O)C(F)(F)F.O=C(O)C(F)(F)F. The van der Waals surface area contributed by atoms with E-state index in [1.54, 1.807) is 12.1 Å². The topological polar surface area (TPSA) is 129 Å². The molecule has 2 fully saturated rings. The molecule has 16 heteroatoms. The number of hydrogen-bond acceptors (Lipinski definition) is 7. The van der Waals surface area contributed by atoms with Crippen molar-refractivity contribution in [1.82, 2.24) is 15.5 Å². The second kappa shape index (κ2) is 11.5. The fourth-order valence-corrected chi connectivity index (χ4v) is 3.40. The minimum atomic E-state index is -5.08. The van der Waals surface area contributed by atoms with Gasteiger partial charge in [-0.15, -0.1) is 0 Å². The summed E-state index contributed by atoms with van der Waals surface area (Å²) in [4.78, 5) is 24.4. The summed E-state index contributed by atoms with van der Waals surface area (Å²) >= 11 is 0. The van der Waals surface area contributed by atoms with Crippen LogP contribution in [0.2, 0.25) is 0 Å². The molecule has 3 N–H and O–H groups in total. The number of aliphatic carboxylic acids is 2. The Balaban J connectivity index is 0.000000271. The van der Waals surface area contributed by atoms with E-state index in [2.05, 4.69) is 20.4 Å². The van der Waals surface area contributed by atoms with Crippen LogP contribution >= 0.6 is 0 Å². The first kappa shape index (κ1) is 28.8. The summed E-state index contributed by atoms with van der Waals surface area (Å²) in [7, 11) is 0. The molecule has 0 radical (unpaired) electrons. The highest BCUT2D eigenvalue weighted by atomic mass is 19.4. The fraction of sp³-hybridized carbons (Fsp3) is 0.500. The number of rotatable bonds is 3. The van der Waals surface area contributed by atoms with E-state index in [4.69, 9.17) is 24.3 Å². The van der Waals surface area contributed by atoms with E-state index in [9.17, 15) is 30.7 Å². The Labute approximate surface area is 198 Å². The molecule has 200 valence electrons. The van der Waals surface area contributed by atoms with Gasteiger partial charge in [-0.25, -0.2) is 14.0 Å². The standard InChI is InChI=1S/C16H19FN4O.2C2HF3O2/c17-13-3-1-12(2-4-13)9-14-19-15(22-20-14)21-10-16(11-21)5-7-18-8-6-16;2*3-2(4,5)1(6)7/h1-4,18H,5-11H2;2*(H,6,7). The largest absolute Gasteiger partial charge is 0.490 e. The van der Waals surface area contributed by atoms with E-state index in [1.165, 1.54) is 25.0 Å². The molecular formula is C20H21F7N4O5. The van der Waals surface area contributed by atoms with E-state index >= 15 is 0 Å². The maximum absolute atomic E-state index is 12.9. The number of carboxylic acids is 2. The van der Waals surface area contributed by atoms with Crippen LogP contribution in [-0.2, 0) is 16.0 Å². The normalized spacial score (nSPS) is 16.7. The quantitative estimate of drug-likeness (QED) is 0.513. The lowest BCUT2D eigenvalue weighted by Gasteiger charge is -2.51. The molecule has 0 unspecified atom stereocenters. The Kier molecular flexibility index (Phi) is 9.23. The first-order valence-corrected chi connectivity index (χ1v) is 10.2. The van der Waals surface area contributed by atoms with Gasteiger partial charge >= 0.3 is 30.3 Å². The Bertz CT molecular complexity index is 987. The van der Waals surface area contributed by atoms with Crippen LogP contribution in [0.3, 0.4) is 0 Å². The van der Waals surface area contributed by atoms with Crippen molar-refractivity contribution in [2.24, 2.45) is 5.41 Å². The molecule has 0 atom stereocenters. The molecule has 4 rings (SSSR count). The first-order valence-electron chi connectivity index (χ1n) is 10.2. The number of benzene rings is 1. The maximum atomic E-state index is 12.9. The van der Waals surface area contributed by atoms with E-state index in [1.807, 2.05) is 0 Å². The van der Waals surface area contributed by atoms with Gasteiger partial charge in [-0.05, 0) is 43.6 Å². The number of alkyl halides is 6. The lowest BCUT2D eigenvalue weighted by molar-refractivity contribution is -0.193. The minimum Gasteiger partial charge on any atom is -0.475 e.